The van der Waals surface area contributed by atoms with Gasteiger partial charge in [0.1, 0.15) is 11.6 Å². The summed E-state index contributed by atoms with van der Waals surface area (Å²) in [4.78, 5) is 11.4. The van der Waals surface area contributed by atoms with Crippen molar-refractivity contribution >= 4 is 5.97 Å². The van der Waals surface area contributed by atoms with E-state index in [1.54, 1.807) is 6.92 Å². The van der Waals surface area contributed by atoms with Gasteiger partial charge in [-0.3, -0.25) is 0 Å². The molecule has 0 aromatic heterocycles. The van der Waals surface area contributed by atoms with E-state index in [2.05, 4.69) is 4.74 Å². The predicted molar refractivity (Wildman–Crippen MR) is 65.3 cm³/mol. The smallest absolute Gasteiger partial charge is 0.339 e. The highest BCUT2D eigenvalue weighted by Crippen LogP contribution is 2.29. The molecular weight excluding hydrogens is 255 g/mol. The van der Waals surface area contributed by atoms with Gasteiger partial charge in [0, 0.05) is 12.7 Å². The predicted octanol–water partition coefficient (Wildman–Crippen LogP) is 1.58. The fourth-order valence-corrected chi connectivity index (χ4v) is 1.65. The molecule has 0 fully saturated rings. The van der Waals surface area contributed by atoms with Crippen LogP contribution in [-0.2, 0) is 20.9 Å². The Morgan fingerprint density at radius 2 is 2.11 bits per heavy atom. The van der Waals surface area contributed by atoms with Gasteiger partial charge in [-0.2, -0.15) is 0 Å². The average molecular weight is 272 g/mol. The van der Waals surface area contributed by atoms with E-state index in [9.17, 15) is 14.3 Å². The Balaban J connectivity index is 3.15. The molecule has 0 saturated heterocycles. The quantitative estimate of drug-likeness (QED) is 0.796. The summed E-state index contributed by atoms with van der Waals surface area (Å²) < 4.78 is 28.8. The number of hydrogen-bond donors (Lipinski definition) is 1. The second-order valence-corrected chi connectivity index (χ2v) is 3.74. The van der Waals surface area contributed by atoms with E-state index in [1.807, 2.05) is 0 Å². The van der Waals surface area contributed by atoms with E-state index in [-0.39, 0.29) is 24.3 Å². The number of aliphatic hydroxyl groups excluding tert-OH is 1. The van der Waals surface area contributed by atoms with Crippen molar-refractivity contribution in [3.05, 3.63) is 29.1 Å². The van der Waals surface area contributed by atoms with Crippen LogP contribution in [0.3, 0.4) is 0 Å². The van der Waals surface area contributed by atoms with Crippen molar-refractivity contribution in [2.75, 3.05) is 20.8 Å². The fourth-order valence-electron chi connectivity index (χ4n) is 1.65. The van der Waals surface area contributed by atoms with Gasteiger partial charge in [0.05, 0.1) is 25.9 Å². The molecular formula is C13H17FO5. The summed E-state index contributed by atoms with van der Waals surface area (Å²) in [5.74, 6) is -1.34. The number of methoxy groups -OCH3 is 2. The first kappa shape index (κ1) is 15.4. The Morgan fingerprint density at radius 1 is 1.42 bits per heavy atom. The number of carbonyl (C=O) groups is 1. The van der Waals surface area contributed by atoms with Crippen molar-refractivity contribution in [3.8, 4) is 5.75 Å². The lowest BCUT2D eigenvalue weighted by Gasteiger charge is -2.15. The van der Waals surface area contributed by atoms with Gasteiger partial charge in [-0.25, -0.2) is 9.18 Å². The van der Waals surface area contributed by atoms with Gasteiger partial charge in [-0.1, -0.05) is 0 Å². The fraction of sp³-hybridized carbons (Fsp3) is 0.462. The molecule has 0 amide bonds. The Morgan fingerprint density at radius 3 is 2.63 bits per heavy atom. The van der Waals surface area contributed by atoms with Crippen molar-refractivity contribution < 1.29 is 28.5 Å². The maximum Gasteiger partial charge on any atom is 0.339 e. The molecule has 19 heavy (non-hydrogen) atoms. The summed E-state index contributed by atoms with van der Waals surface area (Å²) in [6.45, 7) is 1.68. The molecule has 0 aliphatic carbocycles. The minimum Gasteiger partial charge on any atom is -0.496 e. The lowest BCUT2D eigenvalue weighted by molar-refractivity contribution is -0.153. The van der Waals surface area contributed by atoms with Gasteiger partial charge >= 0.3 is 5.97 Å². The van der Waals surface area contributed by atoms with Gasteiger partial charge in [0.2, 0.25) is 0 Å². The molecule has 1 unspecified atom stereocenters. The van der Waals surface area contributed by atoms with Crippen molar-refractivity contribution in [1.82, 2.24) is 0 Å². The first-order chi connectivity index (χ1) is 9.06. The summed E-state index contributed by atoms with van der Waals surface area (Å²) in [6.07, 6.45) is -1.67. The minimum atomic E-state index is -1.67. The van der Waals surface area contributed by atoms with Crippen molar-refractivity contribution in [2.24, 2.45) is 0 Å². The first-order valence-corrected chi connectivity index (χ1v) is 5.75. The topological polar surface area (TPSA) is 65.0 Å². The van der Waals surface area contributed by atoms with Crippen LogP contribution in [0, 0.1) is 5.82 Å². The van der Waals surface area contributed by atoms with Gasteiger partial charge in [0.15, 0.2) is 6.10 Å². The molecule has 1 aromatic rings. The number of halogens is 1. The van der Waals surface area contributed by atoms with Gasteiger partial charge in [0.25, 0.3) is 0 Å². The second kappa shape index (κ2) is 7.06. The Kier molecular flexibility index (Phi) is 5.72. The van der Waals surface area contributed by atoms with Crippen LogP contribution in [0.1, 0.15) is 24.2 Å². The number of aliphatic hydroxyl groups is 1. The number of carbonyl (C=O) groups excluding carboxylic acids is 1. The van der Waals surface area contributed by atoms with E-state index in [0.29, 0.717) is 5.75 Å². The molecule has 0 aliphatic heterocycles. The Labute approximate surface area is 110 Å². The molecule has 0 radical (unpaired) electrons. The van der Waals surface area contributed by atoms with E-state index in [1.165, 1.54) is 26.4 Å². The van der Waals surface area contributed by atoms with E-state index < -0.39 is 17.9 Å². The molecule has 0 heterocycles. The Bertz CT molecular complexity index is 447. The lowest BCUT2D eigenvalue weighted by Crippen LogP contribution is -2.17. The zero-order valence-electron chi connectivity index (χ0n) is 11.1. The summed E-state index contributed by atoms with van der Waals surface area (Å²) in [5.41, 5.74) is -0.0165. The number of ether oxygens (including phenoxy) is 3. The standard InChI is InChI=1S/C13H17FO5/c1-4-19-13(16)12(15)8-5-6-10(18-3)9(7-17-2)11(8)14/h5-6,12,15H,4,7H2,1-3H3. The third-order valence-corrected chi connectivity index (χ3v) is 2.54. The zero-order chi connectivity index (χ0) is 14.4. The van der Waals surface area contributed by atoms with Crippen molar-refractivity contribution in [1.29, 1.82) is 0 Å². The highest BCUT2D eigenvalue weighted by Gasteiger charge is 2.25. The molecule has 1 N–H and O–H groups in total. The third kappa shape index (κ3) is 3.42. The number of hydrogen-bond acceptors (Lipinski definition) is 5. The minimum absolute atomic E-state index is 0.0294. The van der Waals surface area contributed by atoms with Gasteiger partial charge in [-0.05, 0) is 19.1 Å². The largest absolute Gasteiger partial charge is 0.496 e. The molecule has 1 atom stereocenters. The molecule has 106 valence electrons. The van der Waals surface area contributed by atoms with E-state index in [4.69, 9.17) is 9.47 Å². The molecule has 0 spiro atoms. The van der Waals surface area contributed by atoms with Crippen LogP contribution in [0.15, 0.2) is 12.1 Å². The van der Waals surface area contributed by atoms with Crippen LogP contribution in [0.4, 0.5) is 4.39 Å². The third-order valence-electron chi connectivity index (χ3n) is 2.54. The molecule has 0 bridgehead atoms. The van der Waals surface area contributed by atoms with Crippen LogP contribution < -0.4 is 4.74 Å². The van der Waals surface area contributed by atoms with Gasteiger partial charge in [-0.15, -0.1) is 0 Å². The average Bonchev–Trinajstić information content (AvgIpc) is 2.40. The molecule has 1 aromatic carbocycles. The SMILES string of the molecule is CCOC(=O)C(O)c1ccc(OC)c(COC)c1F. The van der Waals surface area contributed by atoms with Crippen LogP contribution in [-0.4, -0.2) is 31.9 Å². The molecule has 5 nitrogen and oxygen atoms in total. The Hall–Kier alpha value is -1.66. The molecule has 1 rings (SSSR count). The first-order valence-electron chi connectivity index (χ1n) is 5.75. The van der Waals surface area contributed by atoms with E-state index in [0.717, 1.165) is 0 Å². The highest BCUT2D eigenvalue weighted by molar-refractivity contribution is 5.76. The maximum absolute atomic E-state index is 14.2. The lowest BCUT2D eigenvalue weighted by atomic mass is 10.0. The van der Waals surface area contributed by atoms with Crippen LogP contribution in [0.25, 0.3) is 0 Å². The summed E-state index contributed by atoms with van der Waals surface area (Å²) in [6, 6.07) is 2.75. The summed E-state index contributed by atoms with van der Waals surface area (Å²) in [7, 11) is 2.81. The van der Waals surface area contributed by atoms with Crippen molar-refractivity contribution in [3.63, 3.8) is 0 Å². The molecule has 0 saturated carbocycles. The van der Waals surface area contributed by atoms with Crippen molar-refractivity contribution in [2.45, 2.75) is 19.6 Å². The summed E-state index contributed by atoms with van der Waals surface area (Å²) in [5, 5.41) is 9.76. The normalized spacial score (nSPS) is 12.1. The van der Waals surface area contributed by atoms with E-state index >= 15 is 0 Å². The van der Waals surface area contributed by atoms with Crippen LogP contribution in [0.2, 0.25) is 0 Å². The number of benzene rings is 1. The highest BCUT2D eigenvalue weighted by atomic mass is 19.1. The van der Waals surface area contributed by atoms with Crippen LogP contribution >= 0.6 is 0 Å². The number of esters is 1. The van der Waals surface area contributed by atoms with Crippen LogP contribution in [0.5, 0.6) is 5.75 Å². The summed E-state index contributed by atoms with van der Waals surface area (Å²) >= 11 is 0. The molecule has 0 aliphatic rings. The maximum atomic E-state index is 14.2. The zero-order valence-corrected chi connectivity index (χ0v) is 11.1. The second-order valence-electron chi connectivity index (χ2n) is 3.74. The number of rotatable bonds is 6. The monoisotopic (exact) mass is 272 g/mol. The molecule has 6 heteroatoms. The van der Waals surface area contributed by atoms with Gasteiger partial charge < -0.3 is 19.3 Å².